The van der Waals surface area contributed by atoms with Crippen molar-refractivity contribution in [3.8, 4) is 5.75 Å². The molecule has 2 saturated heterocycles. The number of aliphatic hydroxyl groups is 1. The maximum atomic E-state index is 12.9. The van der Waals surface area contributed by atoms with E-state index in [-0.39, 0.29) is 29.5 Å². The van der Waals surface area contributed by atoms with Gasteiger partial charge in [0.25, 0.3) is 0 Å². The highest BCUT2D eigenvalue weighted by Gasteiger charge is 2.59. The van der Waals surface area contributed by atoms with Crippen LogP contribution in [0.3, 0.4) is 0 Å². The highest BCUT2D eigenvalue weighted by molar-refractivity contribution is 5.80. The summed E-state index contributed by atoms with van der Waals surface area (Å²) in [6.07, 6.45) is 4.29. The Morgan fingerprint density at radius 3 is 2.58 bits per heavy atom. The van der Waals surface area contributed by atoms with Gasteiger partial charge in [0.05, 0.1) is 32.0 Å². The van der Waals surface area contributed by atoms with Gasteiger partial charge in [-0.15, -0.1) is 0 Å². The number of hydrogen-bond donors (Lipinski definition) is 1. The molecule has 31 heavy (non-hydrogen) atoms. The first-order valence-electron chi connectivity index (χ1n) is 11.4. The van der Waals surface area contributed by atoms with Gasteiger partial charge in [0, 0.05) is 17.9 Å². The van der Waals surface area contributed by atoms with E-state index >= 15 is 0 Å². The molecule has 0 unspecified atom stereocenters. The predicted molar refractivity (Wildman–Crippen MR) is 118 cm³/mol. The number of carbonyl (C=O) groups is 1. The Labute approximate surface area is 184 Å². The summed E-state index contributed by atoms with van der Waals surface area (Å²) >= 11 is 0. The summed E-state index contributed by atoms with van der Waals surface area (Å²) < 4.78 is 11.6. The fourth-order valence-corrected chi connectivity index (χ4v) is 6.10. The molecule has 0 radical (unpaired) electrons. The molecule has 2 bridgehead atoms. The minimum atomic E-state index is -0.585. The average molecular weight is 422 g/mol. The van der Waals surface area contributed by atoms with Gasteiger partial charge in [-0.2, -0.15) is 0 Å². The van der Waals surface area contributed by atoms with Crippen LogP contribution in [0.5, 0.6) is 5.75 Å². The second-order valence-corrected chi connectivity index (χ2v) is 9.34. The first-order chi connectivity index (χ1) is 15.1. The van der Waals surface area contributed by atoms with Gasteiger partial charge in [-0.1, -0.05) is 42.5 Å². The molecule has 5 heteroatoms. The minimum absolute atomic E-state index is 0.0250. The minimum Gasteiger partial charge on any atom is -0.497 e. The van der Waals surface area contributed by atoms with Crippen molar-refractivity contribution in [3.05, 3.63) is 65.7 Å². The van der Waals surface area contributed by atoms with Crippen LogP contribution in [-0.4, -0.2) is 46.8 Å². The van der Waals surface area contributed by atoms with Gasteiger partial charge in [0.2, 0.25) is 5.91 Å². The molecule has 1 N–H and O–H groups in total. The zero-order chi connectivity index (χ0) is 21.4. The molecule has 1 saturated carbocycles. The van der Waals surface area contributed by atoms with Crippen molar-refractivity contribution in [2.75, 3.05) is 7.11 Å². The zero-order valence-electron chi connectivity index (χ0n) is 18.1. The first kappa shape index (κ1) is 20.5. The lowest BCUT2D eigenvalue weighted by Crippen LogP contribution is -2.67. The van der Waals surface area contributed by atoms with Gasteiger partial charge in [0.15, 0.2) is 0 Å². The fraction of sp³-hybridized carbons (Fsp3) is 0.500. The number of piperidine rings is 1. The molecule has 2 heterocycles. The highest BCUT2D eigenvalue weighted by atomic mass is 16.5. The number of aliphatic hydroxyl groups excluding tert-OH is 1. The summed E-state index contributed by atoms with van der Waals surface area (Å²) in [6, 6.07) is 18.0. The average Bonchev–Trinajstić information content (AvgIpc) is 3.12. The number of methoxy groups -OCH3 is 1. The summed E-state index contributed by atoms with van der Waals surface area (Å²) in [7, 11) is 1.66. The fourth-order valence-electron chi connectivity index (χ4n) is 6.10. The molecule has 3 fully saturated rings. The van der Waals surface area contributed by atoms with Gasteiger partial charge in [-0.05, 0) is 55.4 Å². The Morgan fingerprint density at radius 2 is 1.84 bits per heavy atom. The van der Waals surface area contributed by atoms with Crippen LogP contribution in [0.2, 0.25) is 0 Å². The van der Waals surface area contributed by atoms with Crippen molar-refractivity contribution in [1.29, 1.82) is 0 Å². The molecule has 1 spiro atoms. The normalized spacial score (nSPS) is 32.1. The van der Waals surface area contributed by atoms with Crippen LogP contribution >= 0.6 is 0 Å². The quantitative estimate of drug-likeness (QED) is 0.772. The van der Waals surface area contributed by atoms with E-state index in [1.54, 1.807) is 7.11 Å². The van der Waals surface area contributed by atoms with Crippen LogP contribution in [0.1, 0.15) is 43.2 Å². The number of amides is 1. The topological polar surface area (TPSA) is 59.0 Å². The molecule has 2 aromatic rings. The number of carbonyl (C=O) groups excluding carboxylic acids is 1. The highest BCUT2D eigenvalue weighted by Crippen LogP contribution is 2.52. The third-order valence-electron chi connectivity index (χ3n) is 7.65. The molecular formula is C26H31NO4. The molecular weight excluding hydrogens is 390 g/mol. The third-order valence-corrected chi connectivity index (χ3v) is 7.65. The van der Waals surface area contributed by atoms with Crippen molar-refractivity contribution in [1.82, 2.24) is 4.90 Å². The number of nitrogens with zero attached hydrogens (tertiary/aromatic N) is 1. The number of benzene rings is 2. The number of ether oxygens (including phenoxy) is 2. The van der Waals surface area contributed by atoms with Gasteiger partial charge >= 0.3 is 0 Å². The smallest absolute Gasteiger partial charge is 0.223 e. The Balaban J connectivity index is 1.37. The molecule has 2 aliphatic heterocycles. The van der Waals surface area contributed by atoms with Crippen LogP contribution in [0.25, 0.3) is 0 Å². The Kier molecular flexibility index (Phi) is 5.49. The van der Waals surface area contributed by atoms with Crippen molar-refractivity contribution in [2.45, 2.75) is 68.9 Å². The molecule has 1 aliphatic carbocycles. The SMILES string of the molecule is COc1ccc(C[C@H]2[C@@H](O)[C@H]3C[C@]4(CCC(=O)N24)CC[C@H]3OCc2ccccc2)cc1. The Morgan fingerprint density at radius 1 is 1.06 bits per heavy atom. The molecule has 3 aliphatic rings. The van der Waals surface area contributed by atoms with Gasteiger partial charge in [-0.25, -0.2) is 0 Å². The van der Waals surface area contributed by atoms with Crippen molar-refractivity contribution in [2.24, 2.45) is 5.92 Å². The molecule has 2 aromatic carbocycles. The summed E-state index contributed by atoms with van der Waals surface area (Å²) in [5, 5.41) is 11.5. The summed E-state index contributed by atoms with van der Waals surface area (Å²) in [5.74, 6) is 1.07. The van der Waals surface area contributed by atoms with E-state index < -0.39 is 6.10 Å². The largest absolute Gasteiger partial charge is 0.497 e. The van der Waals surface area contributed by atoms with Gasteiger partial charge in [0.1, 0.15) is 5.75 Å². The van der Waals surface area contributed by atoms with Gasteiger partial charge < -0.3 is 19.5 Å². The van der Waals surface area contributed by atoms with E-state index in [1.165, 1.54) is 0 Å². The molecule has 5 rings (SSSR count). The van der Waals surface area contributed by atoms with Gasteiger partial charge in [-0.3, -0.25) is 4.79 Å². The van der Waals surface area contributed by atoms with E-state index in [0.717, 1.165) is 42.6 Å². The maximum Gasteiger partial charge on any atom is 0.223 e. The van der Waals surface area contributed by atoms with E-state index in [9.17, 15) is 9.90 Å². The van der Waals surface area contributed by atoms with Crippen molar-refractivity contribution >= 4 is 5.91 Å². The predicted octanol–water partition coefficient (Wildman–Crippen LogP) is 3.73. The zero-order valence-corrected chi connectivity index (χ0v) is 18.1. The van der Waals surface area contributed by atoms with Crippen LogP contribution < -0.4 is 4.74 Å². The number of hydrogen-bond acceptors (Lipinski definition) is 4. The maximum absolute atomic E-state index is 12.9. The second kappa shape index (κ2) is 8.29. The molecule has 5 atom stereocenters. The monoisotopic (exact) mass is 421 g/mol. The Bertz CT molecular complexity index is 915. The standard InChI is InChI=1S/C26H31NO4/c1-30-20-9-7-18(8-10-20)15-22-25(29)21-16-26(14-12-24(28)27(22)26)13-11-23(21)31-17-19-5-3-2-4-6-19/h2-10,21-23,25,29H,11-17H2,1H3/t21-,22-,23+,25-,26+/m0/s1. The lowest BCUT2D eigenvalue weighted by atomic mass is 9.65. The van der Waals surface area contributed by atoms with Crippen LogP contribution in [0.15, 0.2) is 54.6 Å². The van der Waals surface area contributed by atoms with E-state index in [2.05, 4.69) is 17.0 Å². The van der Waals surface area contributed by atoms with E-state index in [1.807, 2.05) is 42.5 Å². The lowest BCUT2D eigenvalue weighted by molar-refractivity contribution is -0.176. The van der Waals surface area contributed by atoms with Crippen LogP contribution in [0, 0.1) is 5.92 Å². The lowest BCUT2D eigenvalue weighted by Gasteiger charge is -2.57. The van der Waals surface area contributed by atoms with E-state index in [0.29, 0.717) is 19.4 Å². The van der Waals surface area contributed by atoms with E-state index in [4.69, 9.17) is 9.47 Å². The Hall–Kier alpha value is -2.37. The second-order valence-electron chi connectivity index (χ2n) is 9.34. The molecule has 0 aromatic heterocycles. The first-order valence-corrected chi connectivity index (χ1v) is 11.4. The number of fused-ring (bicyclic) bond motifs is 1. The molecule has 164 valence electrons. The van der Waals surface area contributed by atoms with Crippen LogP contribution in [-0.2, 0) is 22.6 Å². The summed E-state index contributed by atoms with van der Waals surface area (Å²) in [5.41, 5.74) is 2.16. The summed E-state index contributed by atoms with van der Waals surface area (Å²) in [4.78, 5) is 15.0. The van der Waals surface area contributed by atoms with Crippen LogP contribution in [0.4, 0.5) is 0 Å². The molecule has 1 amide bonds. The van der Waals surface area contributed by atoms with Crippen molar-refractivity contribution in [3.63, 3.8) is 0 Å². The number of rotatable bonds is 6. The molecule has 5 nitrogen and oxygen atoms in total. The summed E-state index contributed by atoms with van der Waals surface area (Å²) in [6.45, 7) is 0.563. The third kappa shape index (κ3) is 3.74. The van der Waals surface area contributed by atoms with Crippen molar-refractivity contribution < 1.29 is 19.4 Å².